The molecule has 5 aromatic rings. The first-order chi connectivity index (χ1) is 16.7. The molecule has 2 atom stereocenters. The number of hydrogen-bond donors (Lipinski definition) is 0. The molecule has 0 radical (unpaired) electrons. The van der Waals surface area contributed by atoms with Gasteiger partial charge in [0.1, 0.15) is 18.2 Å². The maximum atomic E-state index is 10.0. The van der Waals surface area contributed by atoms with E-state index >= 15 is 0 Å². The van der Waals surface area contributed by atoms with E-state index in [0.29, 0.717) is 11.8 Å². The average molecular weight is 444 g/mol. The van der Waals surface area contributed by atoms with Gasteiger partial charge in [-0.15, -0.1) is 0 Å². The predicted molar refractivity (Wildman–Crippen MR) is 136 cm³/mol. The van der Waals surface area contributed by atoms with E-state index in [4.69, 9.17) is 4.42 Å². The zero-order valence-electron chi connectivity index (χ0n) is 19.6. The molecule has 1 saturated carbocycles. The van der Waals surface area contributed by atoms with Crippen LogP contribution in [0.3, 0.4) is 0 Å². The summed E-state index contributed by atoms with van der Waals surface area (Å²) in [5, 5.41) is 12.2. The monoisotopic (exact) mass is 443 g/mol. The van der Waals surface area contributed by atoms with Crippen LogP contribution >= 0.6 is 0 Å². The molecule has 6 rings (SSSR count). The highest BCUT2D eigenvalue weighted by Crippen LogP contribution is 2.48. The highest BCUT2D eigenvalue weighted by atomic mass is 16.3. The third-order valence-electron chi connectivity index (χ3n) is 7.60. The molecule has 2 unspecified atom stereocenters. The topological polar surface area (TPSA) is 40.8 Å². The molecule has 2 aromatic heterocycles. The van der Waals surface area contributed by atoms with Crippen molar-refractivity contribution < 1.29 is 8.98 Å². The molecule has 0 spiro atoms. The van der Waals surface area contributed by atoms with Gasteiger partial charge in [0, 0.05) is 28.5 Å². The third kappa shape index (κ3) is 3.22. The first-order valence-electron chi connectivity index (χ1n) is 12.0. The minimum absolute atomic E-state index is 0.321. The second-order valence-electron chi connectivity index (χ2n) is 9.57. The standard InChI is InChI=1S/C31H27N2O/c1-20-11-15-25-26-16-14-24(19-32)29(23-13-12-22(18-23)21-8-4-3-5-9-21)31(26)34-30(25)28(20)27-10-6-7-17-33(27)2/h3-11,14-17,22-23H,12-13,18H2,1-2H3/q+1. The van der Waals surface area contributed by atoms with E-state index in [-0.39, 0.29) is 0 Å². The maximum Gasteiger partial charge on any atom is 0.216 e. The summed E-state index contributed by atoms with van der Waals surface area (Å²) in [6, 6.07) is 27.9. The van der Waals surface area contributed by atoms with Gasteiger partial charge < -0.3 is 4.42 Å². The van der Waals surface area contributed by atoms with Gasteiger partial charge >= 0.3 is 0 Å². The number of benzene rings is 3. The Morgan fingerprint density at radius 3 is 2.38 bits per heavy atom. The lowest BCUT2D eigenvalue weighted by Gasteiger charge is -2.14. The minimum atomic E-state index is 0.321. The number of furan rings is 1. The van der Waals surface area contributed by atoms with Gasteiger partial charge in [-0.3, -0.25) is 0 Å². The Morgan fingerprint density at radius 1 is 0.853 bits per heavy atom. The van der Waals surface area contributed by atoms with Crippen LogP contribution < -0.4 is 4.57 Å². The van der Waals surface area contributed by atoms with Crippen molar-refractivity contribution in [3.05, 3.63) is 101 Å². The molecule has 1 fully saturated rings. The highest BCUT2D eigenvalue weighted by Gasteiger charge is 2.32. The van der Waals surface area contributed by atoms with Gasteiger partial charge in [-0.25, -0.2) is 4.57 Å². The summed E-state index contributed by atoms with van der Waals surface area (Å²) in [6.45, 7) is 2.14. The van der Waals surface area contributed by atoms with E-state index in [1.807, 2.05) is 12.1 Å². The largest absolute Gasteiger partial charge is 0.455 e. The number of pyridine rings is 1. The van der Waals surface area contributed by atoms with Crippen LogP contribution in [-0.4, -0.2) is 0 Å². The molecule has 34 heavy (non-hydrogen) atoms. The van der Waals surface area contributed by atoms with Crippen molar-refractivity contribution in [3.63, 3.8) is 0 Å². The fourth-order valence-corrected chi connectivity index (χ4v) is 5.90. The van der Waals surface area contributed by atoms with Crippen LogP contribution in [-0.2, 0) is 7.05 Å². The van der Waals surface area contributed by atoms with Crippen LogP contribution in [0.1, 0.15) is 53.4 Å². The number of rotatable bonds is 3. The fraction of sp³-hybridized carbons (Fsp3) is 0.226. The zero-order chi connectivity index (χ0) is 23.2. The molecule has 0 bridgehead atoms. The maximum absolute atomic E-state index is 10.0. The molecular weight excluding hydrogens is 416 g/mol. The van der Waals surface area contributed by atoms with Crippen molar-refractivity contribution in [1.29, 1.82) is 5.26 Å². The molecule has 1 aliphatic rings. The molecule has 0 aliphatic heterocycles. The quantitative estimate of drug-likeness (QED) is 0.274. The number of aryl methyl sites for hydroxylation is 2. The van der Waals surface area contributed by atoms with Crippen LogP contribution in [0.25, 0.3) is 33.2 Å². The Kier molecular flexibility index (Phi) is 4.96. The lowest BCUT2D eigenvalue weighted by Crippen LogP contribution is -2.30. The van der Waals surface area contributed by atoms with Gasteiger partial charge in [-0.2, -0.15) is 5.26 Å². The van der Waals surface area contributed by atoms with Crippen molar-refractivity contribution >= 4 is 21.9 Å². The fourth-order valence-electron chi connectivity index (χ4n) is 5.90. The first-order valence-corrected chi connectivity index (χ1v) is 12.0. The van der Waals surface area contributed by atoms with E-state index in [2.05, 4.69) is 91.5 Å². The Labute approximate surface area is 199 Å². The number of fused-ring (bicyclic) bond motifs is 3. The highest BCUT2D eigenvalue weighted by molar-refractivity contribution is 6.11. The van der Waals surface area contributed by atoms with Gasteiger partial charge in [0.15, 0.2) is 6.20 Å². The van der Waals surface area contributed by atoms with E-state index in [1.54, 1.807) is 0 Å². The van der Waals surface area contributed by atoms with Crippen molar-refractivity contribution in [1.82, 2.24) is 0 Å². The first kappa shape index (κ1) is 20.7. The summed E-state index contributed by atoms with van der Waals surface area (Å²) < 4.78 is 8.87. The van der Waals surface area contributed by atoms with Crippen molar-refractivity contribution in [2.45, 2.75) is 38.0 Å². The Balaban J connectivity index is 1.55. The molecule has 0 amide bonds. The van der Waals surface area contributed by atoms with Crippen molar-refractivity contribution in [3.8, 4) is 17.3 Å². The SMILES string of the molecule is Cc1ccc2c(oc3c(C4CCC(c5ccccc5)C4)c(C#N)ccc32)c1-c1cccc[n+]1C. The zero-order valence-corrected chi connectivity index (χ0v) is 19.6. The van der Waals surface area contributed by atoms with Gasteiger partial charge in [0.2, 0.25) is 5.69 Å². The lowest BCUT2D eigenvalue weighted by molar-refractivity contribution is -0.660. The van der Waals surface area contributed by atoms with Crippen LogP contribution in [0.5, 0.6) is 0 Å². The molecule has 1 aliphatic carbocycles. The molecular formula is C31H27N2O+. The van der Waals surface area contributed by atoms with E-state index in [0.717, 1.165) is 63.6 Å². The molecule has 0 saturated heterocycles. The van der Waals surface area contributed by atoms with Crippen molar-refractivity contribution in [2.75, 3.05) is 0 Å². The second-order valence-corrected chi connectivity index (χ2v) is 9.57. The minimum Gasteiger partial charge on any atom is -0.455 e. The van der Waals surface area contributed by atoms with Gasteiger partial charge in [-0.05, 0) is 67.3 Å². The molecule has 0 N–H and O–H groups in total. The Hall–Kier alpha value is -3.90. The average Bonchev–Trinajstić information content (AvgIpc) is 3.50. The summed E-state index contributed by atoms with van der Waals surface area (Å²) in [5.74, 6) is 0.847. The molecule has 3 heteroatoms. The number of nitrogens with zero attached hydrogens (tertiary/aromatic N) is 2. The van der Waals surface area contributed by atoms with Gasteiger partial charge in [-0.1, -0.05) is 42.5 Å². The lowest BCUT2D eigenvalue weighted by atomic mass is 9.89. The van der Waals surface area contributed by atoms with E-state index in [9.17, 15) is 5.26 Å². The second kappa shape index (κ2) is 8.15. The smallest absolute Gasteiger partial charge is 0.216 e. The summed E-state index contributed by atoms with van der Waals surface area (Å²) in [7, 11) is 2.07. The van der Waals surface area contributed by atoms with E-state index < -0.39 is 0 Å². The van der Waals surface area contributed by atoms with Gasteiger partial charge in [0.25, 0.3) is 0 Å². The van der Waals surface area contributed by atoms with Crippen LogP contribution in [0.2, 0.25) is 0 Å². The van der Waals surface area contributed by atoms with Crippen molar-refractivity contribution in [2.24, 2.45) is 7.05 Å². The number of nitriles is 1. The van der Waals surface area contributed by atoms with Crippen LogP contribution in [0.4, 0.5) is 0 Å². The summed E-state index contributed by atoms with van der Waals surface area (Å²) in [6.07, 6.45) is 5.33. The summed E-state index contributed by atoms with van der Waals surface area (Å²) in [4.78, 5) is 0. The molecule has 3 nitrogen and oxygen atoms in total. The normalized spacial score (nSPS) is 17.9. The molecule has 2 heterocycles. The van der Waals surface area contributed by atoms with Gasteiger partial charge in [0.05, 0.1) is 17.2 Å². The molecule has 166 valence electrons. The number of aromatic nitrogens is 1. The molecule has 3 aromatic carbocycles. The number of hydrogen-bond acceptors (Lipinski definition) is 2. The predicted octanol–water partition coefficient (Wildman–Crippen LogP) is 7.31. The summed E-state index contributed by atoms with van der Waals surface area (Å²) in [5.41, 5.74) is 8.45. The van der Waals surface area contributed by atoms with E-state index in [1.165, 1.54) is 11.1 Å². The Morgan fingerprint density at radius 2 is 1.59 bits per heavy atom. The van der Waals surface area contributed by atoms with Crippen LogP contribution in [0.15, 0.2) is 83.4 Å². The Bertz CT molecular complexity index is 1570. The summed E-state index contributed by atoms with van der Waals surface area (Å²) >= 11 is 0. The van der Waals surface area contributed by atoms with Crippen LogP contribution in [0, 0.1) is 18.3 Å². The third-order valence-corrected chi connectivity index (χ3v) is 7.60.